The molecule has 0 radical (unpaired) electrons. The zero-order valence-corrected chi connectivity index (χ0v) is 16.7. The summed E-state index contributed by atoms with van der Waals surface area (Å²) in [5, 5.41) is 0. The molecule has 4 rings (SSSR count). The van der Waals surface area contributed by atoms with E-state index in [0.29, 0.717) is 30.9 Å². The third-order valence-electron chi connectivity index (χ3n) is 5.24. The van der Waals surface area contributed by atoms with Gasteiger partial charge in [0.1, 0.15) is 0 Å². The van der Waals surface area contributed by atoms with Gasteiger partial charge >= 0.3 is 6.18 Å². The normalized spacial score (nSPS) is 17.8. The van der Waals surface area contributed by atoms with Gasteiger partial charge in [-0.2, -0.15) is 17.5 Å². The molecule has 0 aromatic heterocycles. The minimum atomic E-state index is -4.54. The molecule has 0 N–H and O–H groups in total. The average molecular weight is 440 g/mol. The molecule has 2 aliphatic heterocycles. The van der Waals surface area contributed by atoms with Crippen molar-refractivity contribution in [1.82, 2.24) is 4.31 Å². The van der Waals surface area contributed by atoms with E-state index in [-0.39, 0.29) is 30.1 Å². The Balaban J connectivity index is 1.60. The molecule has 0 spiro atoms. The fourth-order valence-electron chi connectivity index (χ4n) is 3.67. The van der Waals surface area contributed by atoms with Gasteiger partial charge in [0.05, 0.1) is 23.7 Å². The molecule has 0 saturated carbocycles. The number of benzene rings is 2. The van der Waals surface area contributed by atoms with Crippen LogP contribution in [0, 0.1) is 0 Å². The van der Waals surface area contributed by atoms with E-state index < -0.39 is 27.7 Å². The summed E-state index contributed by atoms with van der Waals surface area (Å²) in [4.78, 5) is 14.4. The van der Waals surface area contributed by atoms with Gasteiger partial charge in [0, 0.05) is 30.9 Å². The van der Waals surface area contributed by atoms with Gasteiger partial charge < -0.3 is 9.64 Å². The minimum absolute atomic E-state index is 0.0670. The summed E-state index contributed by atoms with van der Waals surface area (Å²) in [6, 6.07) is 8.80. The van der Waals surface area contributed by atoms with Crippen molar-refractivity contribution in [1.29, 1.82) is 0 Å². The summed E-state index contributed by atoms with van der Waals surface area (Å²) in [6.45, 7) is 1.50. The molecule has 2 heterocycles. The van der Waals surface area contributed by atoms with Crippen molar-refractivity contribution in [2.45, 2.75) is 17.5 Å². The van der Waals surface area contributed by atoms with Crippen LogP contribution in [0.2, 0.25) is 0 Å². The molecule has 1 saturated heterocycles. The van der Waals surface area contributed by atoms with Gasteiger partial charge in [-0.15, -0.1) is 0 Å². The molecule has 2 aromatic carbocycles. The predicted octanol–water partition coefficient (Wildman–Crippen LogP) is 2.93. The van der Waals surface area contributed by atoms with E-state index in [1.807, 2.05) is 0 Å². The van der Waals surface area contributed by atoms with E-state index in [1.54, 1.807) is 12.1 Å². The monoisotopic (exact) mass is 440 g/mol. The molecular weight excluding hydrogens is 421 g/mol. The van der Waals surface area contributed by atoms with Crippen molar-refractivity contribution in [3.63, 3.8) is 0 Å². The molecule has 2 aromatic rings. The minimum Gasteiger partial charge on any atom is -0.379 e. The van der Waals surface area contributed by atoms with E-state index in [2.05, 4.69) is 0 Å². The molecular formula is C20H19F3N2O4S. The summed E-state index contributed by atoms with van der Waals surface area (Å²) < 4.78 is 71.1. The van der Waals surface area contributed by atoms with Crippen LogP contribution in [0.5, 0.6) is 0 Å². The number of sulfonamides is 1. The lowest BCUT2D eigenvalue weighted by Crippen LogP contribution is -2.40. The van der Waals surface area contributed by atoms with Crippen molar-refractivity contribution in [2.24, 2.45) is 0 Å². The maximum atomic E-state index is 13.0. The van der Waals surface area contributed by atoms with Crippen molar-refractivity contribution in [3.05, 3.63) is 59.2 Å². The molecule has 160 valence electrons. The summed E-state index contributed by atoms with van der Waals surface area (Å²) in [7, 11) is -3.67. The fourth-order valence-corrected chi connectivity index (χ4v) is 5.13. The standard InChI is InChI=1S/C20H19F3N2O4S/c21-20(22,23)16-3-1-2-15(12-16)19(26)25-7-6-14-13-17(4-5-18(14)25)30(27,28)24-8-10-29-11-9-24/h1-5,12-13H,6-11H2. The highest BCUT2D eigenvalue weighted by Gasteiger charge is 2.33. The number of rotatable bonds is 3. The Morgan fingerprint density at radius 2 is 1.73 bits per heavy atom. The zero-order chi connectivity index (χ0) is 21.5. The number of carbonyl (C=O) groups excluding carboxylic acids is 1. The fraction of sp³-hybridized carbons (Fsp3) is 0.350. The first-order valence-corrected chi connectivity index (χ1v) is 10.8. The second kappa shape index (κ2) is 7.68. The van der Waals surface area contributed by atoms with Gasteiger partial charge in [0.25, 0.3) is 5.91 Å². The maximum absolute atomic E-state index is 13.0. The van der Waals surface area contributed by atoms with Crippen LogP contribution < -0.4 is 4.90 Å². The van der Waals surface area contributed by atoms with Gasteiger partial charge in [-0.05, 0) is 48.4 Å². The number of hydrogen-bond acceptors (Lipinski definition) is 4. The van der Waals surface area contributed by atoms with E-state index >= 15 is 0 Å². The lowest BCUT2D eigenvalue weighted by molar-refractivity contribution is -0.137. The zero-order valence-electron chi connectivity index (χ0n) is 15.9. The van der Waals surface area contributed by atoms with Crippen LogP contribution in [0.4, 0.5) is 18.9 Å². The van der Waals surface area contributed by atoms with E-state index in [1.165, 1.54) is 27.4 Å². The van der Waals surface area contributed by atoms with E-state index in [9.17, 15) is 26.4 Å². The number of ether oxygens (including phenoxy) is 1. The molecule has 1 fully saturated rings. The van der Waals surface area contributed by atoms with Crippen LogP contribution in [0.25, 0.3) is 0 Å². The topological polar surface area (TPSA) is 66.9 Å². The second-order valence-corrected chi connectivity index (χ2v) is 9.03. The first-order valence-electron chi connectivity index (χ1n) is 9.38. The lowest BCUT2D eigenvalue weighted by Gasteiger charge is -2.26. The summed E-state index contributed by atoms with van der Waals surface area (Å²) in [5.41, 5.74) is 0.227. The SMILES string of the molecule is O=C(c1cccc(C(F)(F)F)c1)N1CCc2cc(S(=O)(=O)N3CCOCC3)ccc21. The highest BCUT2D eigenvalue weighted by molar-refractivity contribution is 7.89. The van der Waals surface area contributed by atoms with Crippen molar-refractivity contribution >= 4 is 21.6 Å². The van der Waals surface area contributed by atoms with Gasteiger partial charge in [-0.3, -0.25) is 4.79 Å². The highest BCUT2D eigenvalue weighted by atomic mass is 32.2. The first-order chi connectivity index (χ1) is 14.2. The van der Waals surface area contributed by atoms with Crippen LogP contribution in [0.15, 0.2) is 47.4 Å². The van der Waals surface area contributed by atoms with Crippen LogP contribution >= 0.6 is 0 Å². The third kappa shape index (κ3) is 3.82. The van der Waals surface area contributed by atoms with Gasteiger partial charge in [-0.25, -0.2) is 8.42 Å². The molecule has 0 unspecified atom stereocenters. The number of morpholine rings is 1. The maximum Gasteiger partial charge on any atom is 0.416 e. The van der Waals surface area contributed by atoms with E-state index in [0.717, 1.165) is 12.1 Å². The Labute approximate surface area is 171 Å². The highest BCUT2D eigenvalue weighted by Crippen LogP contribution is 2.34. The second-order valence-electron chi connectivity index (χ2n) is 7.09. The molecule has 0 atom stereocenters. The molecule has 1 amide bonds. The third-order valence-corrected chi connectivity index (χ3v) is 7.13. The number of carbonyl (C=O) groups is 1. The first kappa shape index (κ1) is 20.8. The molecule has 0 bridgehead atoms. The smallest absolute Gasteiger partial charge is 0.379 e. The van der Waals surface area contributed by atoms with E-state index in [4.69, 9.17) is 4.74 Å². The van der Waals surface area contributed by atoms with Crippen molar-refractivity contribution in [2.75, 3.05) is 37.7 Å². The summed E-state index contributed by atoms with van der Waals surface area (Å²) >= 11 is 0. The Bertz CT molecular complexity index is 1080. The van der Waals surface area contributed by atoms with Crippen LogP contribution in [0.1, 0.15) is 21.5 Å². The van der Waals surface area contributed by atoms with Crippen LogP contribution in [0.3, 0.4) is 0 Å². The Morgan fingerprint density at radius 1 is 1.00 bits per heavy atom. The molecule has 10 heteroatoms. The van der Waals surface area contributed by atoms with Gasteiger partial charge in [0.2, 0.25) is 10.0 Å². The Hall–Kier alpha value is -2.43. The summed E-state index contributed by atoms with van der Waals surface area (Å²) in [6.07, 6.45) is -4.12. The van der Waals surface area contributed by atoms with Crippen molar-refractivity contribution < 1.29 is 31.1 Å². The number of amides is 1. The van der Waals surface area contributed by atoms with Crippen LogP contribution in [-0.2, 0) is 27.4 Å². The van der Waals surface area contributed by atoms with Gasteiger partial charge in [-0.1, -0.05) is 6.07 Å². The number of alkyl halides is 3. The molecule has 30 heavy (non-hydrogen) atoms. The Kier molecular flexibility index (Phi) is 5.33. The number of fused-ring (bicyclic) bond motifs is 1. The largest absolute Gasteiger partial charge is 0.416 e. The van der Waals surface area contributed by atoms with Crippen molar-refractivity contribution in [3.8, 4) is 0 Å². The lowest BCUT2D eigenvalue weighted by atomic mass is 10.1. The molecule has 2 aliphatic rings. The quantitative estimate of drug-likeness (QED) is 0.736. The molecule has 0 aliphatic carbocycles. The average Bonchev–Trinajstić information content (AvgIpc) is 3.16. The molecule has 6 nitrogen and oxygen atoms in total. The Morgan fingerprint density at radius 3 is 2.43 bits per heavy atom. The van der Waals surface area contributed by atoms with Gasteiger partial charge in [0.15, 0.2) is 0 Å². The number of hydrogen-bond donors (Lipinski definition) is 0. The number of halogens is 3. The summed E-state index contributed by atoms with van der Waals surface area (Å²) in [5.74, 6) is -0.552. The number of anilines is 1. The van der Waals surface area contributed by atoms with Crippen LogP contribution in [-0.4, -0.2) is 51.5 Å². The predicted molar refractivity (Wildman–Crippen MR) is 103 cm³/mol. The number of nitrogens with zero attached hydrogens (tertiary/aromatic N) is 2.